The first kappa shape index (κ1) is 17.4. The molecule has 23 heavy (non-hydrogen) atoms. The fraction of sp³-hybridized carbons (Fsp3) is 0.421. The fourth-order valence-electron chi connectivity index (χ4n) is 2.73. The number of nitrogens with zero attached hydrogens (tertiary/aromatic N) is 2. The van der Waals surface area contributed by atoms with Gasteiger partial charge in [-0.2, -0.15) is 0 Å². The summed E-state index contributed by atoms with van der Waals surface area (Å²) in [6.45, 7) is 6.02. The topological polar surface area (TPSA) is 45.6 Å². The average Bonchev–Trinajstić information content (AvgIpc) is 2.56. The molecule has 1 aromatic carbocycles. The summed E-state index contributed by atoms with van der Waals surface area (Å²) in [5.41, 5.74) is 2.41. The van der Waals surface area contributed by atoms with Crippen molar-refractivity contribution in [2.45, 2.75) is 33.0 Å². The predicted molar refractivity (Wildman–Crippen MR) is 92.2 cm³/mol. The SMILES string of the molecule is COc1ccc(CN(Cc2ccncc2)[C@H](CO)C(C)C)cc1. The Morgan fingerprint density at radius 3 is 2.04 bits per heavy atom. The van der Waals surface area contributed by atoms with Gasteiger partial charge in [0, 0.05) is 31.5 Å². The highest BCUT2D eigenvalue weighted by atomic mass is 16.5. The number of aliphatic hydroxyl groups excluding tert-OH is 1. The molecule has 0 spiro atoms. The number of hydrogen-bond acceptors (Lipinski definition) is 4. The molecule has 124 valence electrons. The van der Waals surface area contributed by atoms with Crippen LogP contribution in [-0.4, -0.2) is 34.7 Å². The van der Waals surface area contributed by atoms with Gasteiger partial charge in [-0.05, 0) is 41.3 Å². The summed E-state index contributed by atoms with van der Waals surface area (Å²) in [7, 11) is 1.67. The van der Waals surface area contributed by atoms with Gasteiger partial charge in [-0.15, -0.1) is 0 Å². The summed E-state index contributed by atoms with van der Waals surface area (Å²) in [6.07, 6.45) is 3.62. The lowest BCUT2D eigenvalue weighted by atomic mass is 10.0. The van der Waals surface area contributed by atoms with Gasteiger partial charge in [0.05, 0.1) is 13.7 Å². The van der Waals surface area contributed by atoms with E-state index >= 15 is 0 Å². The Morgan fingerprint density at radius 2 is 1.57 bits per heavy atom. The molecule has 0 aliphatic rings. The van der Waals surface area contributed by atoms with Gasteiger partial charge in [0.15, 0.2) is 0 Å². The van der Waals surface area contributed by atoms with E-state index in [2.05, 4.69) is 35.9 Å². The first-order valence-electron chi connectivity index (χ1n) is 8.00. The molecule has 4 heteroatoms. The second-order valence-electron chi connectivity index (χ2n) is 6.10. The van der Waals surface area contributed by atoms with Gasteiger partial charge in [0.2, 0.25) is 0 Å². The van der Waals surface area contributed by atoms with Crippen LogP contribution in [0.1, 0.15) is 25.0 Å². The largest absolute Gasteiger partial charge is 0.497 e. The van der Waals surface area contributed by atoms with Crippen LogP contribution >= 0.6 is 0 Å². The summed E-state index contributed by atoms with van der Waals surface area (Å²) < 4.78 is 5.22. The molecule has 0 fully saturated rings. The molecule has 0 bridgehead atoms. The molecule has 0 saturated heterocycles. The van der Waals surface area contributed by atoms with Crippen LogP contribution < -0.4 is 4.74 Å². The van der Waals surface area contributed by atoms with Gasteiger partial charge < -0.3 is 9.84 Å². The van der Waals surface area contributed by atoms with Crippen molar-refractivity contribution in [2.24, 2.45) is 5.92 Å². The van der Waals surface area contributed by atoms with Crippen molar-refractivity contribution >= 4 is 0 Å². The van der Waals surface area contributed by atoms with E-state index in [0.717, 1.165) is 18.8 Å². The van der Waals surface area contributed by atoms with Crippen LogP contribution in [0.5, 0.6) is 5.75 Å². The zero-order valence-corrected chi connectivity index (χ0v) is 14.1. The molecule has 4 nitrogen and oxygen atoms in total. The van der Waals surface area contributed by atoms with Crippen molar-refractivity contribution in [1.82, 2.24) is 9.88 Å². The summed E-state index contributed by atoms with van der Waals surface area (Å²) in [5.74, 6) is 1.23. The van der Waals surface area contributed by atoms with Crippen LogP contribution in [0.2, 0.25) is 0 Å². The van der Waals surface area contributed by atoms with Crippen molar-refractivity contribution in [3.05, 3.63) is 59.9 Å². The lowest BCUT2D eigenvalue weighted by Gasteiger charge is -2.33. The molecule has 0 amide bonds. The molecule has 1 heterocycles. The molecular weight excluding hydrogens is 288 g/mol. The highest BCUT2D eigenvalue weighted by Gasteiger charge is 2.21. The first-order valence-corrected chi connectivity index (χ1v) is 8.00. The molecule has 0 aliphatic carbocycles. The highest BCUT2D eigenvalue weighted by Crippen LogP contribution is 2.19. The van der Waals surface area contributed by atoms with Gasteiger partial charge in [-0.25, -0.2) is 0 Å². The molecule has 2 aromatic rings. The lowest BCUT2D eigenvalue weighted by molar-refractivity contribution is 0.0784. The molecule has 0 saturated carbocycles. The monoisotopic (exact) mass is 314 g/mol. The van der Waals surface area contributed by atoms with Crippen molar-refractivity contribution in [3.8, 4) is 5.75 Å². The van der Waals surface area contributed by atoms with E-state index in [1.807, 2.05) is 36.7 Å². The lowest BCUT2D eigenvalue weighted by Crippen LogP contribution is -2.40. The van der Waals surface area contributed by atoms with E-state index in [4.69, 9.17) is 4.74 Å². The summed E-state index contributed by atoms with van der Waals surface area (Å²) in [4.78, 5) is 6.40. The second-order valence-corrected chi connectivity index (χ2v) is 6.10. The minimum absolute atomic E-state index is 0.116. The van der Waals surface area contributed by atoms with Crippen molar-refractivity contribution in [1.29, 1.82) is 0 Å². The smallest absolute Gasteiger partial charge is 0.118 e. The van der Waals surface area contributed by atoms with Gasteiger partial charge in [-0.3, -0.25) is 9.88 Å². The Labute approximate surface area is 138 Å². The predicted octanol–water partition coefficient (Wildman–Crippen LogP) is 3.11. The van der Waals surface area contributed by atoms with Crippen LogP contribution in [0.3, 0.4) is 0 Å². The maximum Gasteiger partial charge on any atom is 0.118 e. The number of aromatic nitrogens is 1. The molecular formula is C19H26N2O2. The average molecular weight is 314 g/mol. The minimum Gasteiger partial charge on any atom is -0.497 e. The number of benzene rings is 1. The second kappa shape index (κ2) is 8.65. The zero-order valence-electron chi connectivity index (χ0n) is 14.1. The van der Waals surface area contributed by atoms with Crippen LogP contribution in [0, 0.1) is 5.92 Å². The van der Waals surface area contributed by atoms with Gasteiger partial charge >= 0.3 is 0 Å². The summed E-state index contributed by atoms with van der Waals surface area (Å²) >= 11 is 0. The van der Waals surface area contributed by atoms with E-state index in [9.17, 15) is 5.11 Å². The highest BCUT2D eigenvalue weighted by molar-refractivity contribution is 5.27. The zero-order chi connectivity index (χ0) is 16.7. The van der Waals surface area contributed by atoms with Crippen LogP contribution in [0.4, 0.5) is 0 Å². The van der Waals surface area contributed by atoms with Gasteiger partial charge in [0.1, 0.15) is 5.75 Å². The minimum atomic E-state index is 0.116. The number of rotatable bonds is 8. The Hall–Kier alpha value is -1.91. The van der Waals surface area contributed by atoms with Gasteiger partial charge in [0.25, 0.3) is 0 Å². The number of pyridine rings is 1. The van der Waals surface area contributed by atoms with Crippen molar-refractivity contribution < 1.29 is 9.84 Å². The van der Waals surface area contributed by atoms with Crippen LogP contribution in [-0.2, 0) is 13.1 Å². The van der Waals surface area contributed by atoms with Crippen molar-refractivity contribution in [3.63, 3.8) is 0 Å². The molecule has 1 atom stereocenters. The number of hydrogen-bond donors (Lipinski definition) is 1. The normalized spacial score (nSPS) is 12.6. The molecule has 0 radical (unpaired) electrons. The molecule has 1 aromatic heterocycles. The van der Waals surface area contributed by atoms with Gasteiger partial charge in [-0.1, -0.05) is 26.0 Å². The van der Waals surface area contributed by atoms with E-state index in [0.29, 0.717) is 5.92 Å². The van der Waals surface area contributed by atoms with E-state index in [1.165, 1.54) is 11.1 Å². The van der Waals surface area contributed by atoms with Crippen LogP contribution in [0.25, 0.3) is 0 Å². The fourth-order valence-corrected chi connectivity index (χ4v) is 2.73. The first-order chi connectivity index (χ1) is 11.1. The number of aliphatic hydroxyl groups is 1. The van der Waals surface area contributed by atoms with E-state index in [-0.39, 0.29) is 12.6 Å². The maximum absolute atomic E-state index is 9.83. The maximum atomic E-state index is 9.83. The Balaban J connectivity index is 2.17. The van der Waals surface area contributed by atoms with E-state index < -0.39 is 0 Å². The quantitative estimate of drug-likeness (QED) is 0.813. The Kier molecular flexibility index (Phi) is 6.56. The van der Waals surface area contributed by atoms with E-state index in [1.54, 1.807) is 7.11 Å². The summed E-state index contributed by atoms with van der Waals surface area (Å²) in [6, 6.07) is 12.3. The molecule has 0 unspecified atom stereocenters. The standard InChI is InChI=1S/C19H26N2O2/c1-15(2)19(14-22)21(13-17-8-10-20-11-9-17)12-16-4-6-18(23-3)7-5-16/h4-11,15,19,22H,12-14H2,1-3H3/t19-/m1/s1. The Bertz CT molecular complexity index is 570. The third-order valence-electron chi connectivity index (χ3n) is 4.11. The van der Waals surface area contributed by atoms with Crippen LogP contribution in [0.15, 0.2) is 48.8 Å². The third-order valence-corrected chi connectivity index (χ3v) is 4.11. The number of ether oxygens (including phenoxy) is 1. The molecule has 0 aliphatic heterocycles. The Morgan fingerprint density at radius 1 is 1.00 bits per heavy atom. The molecule has 1 N–H and O–H groups in total. The molecule has 2 rings (SSSR count). The number of methoxy groups -OCH3 is 1. The third kappa shape index (κ3) is 5.05. The summed E-state index contributed by atoms with van der Waals surface area (Å²) in [5, 5.41) is 9.83. The van der Waals surface area contributed by atoms with Crippen molar-refractivity contribution in [2.75, 3.05) is 13.7 Å².